The van der Waals surface area contributed by atoms with Gasteiger partial charge < -0.3 is 4.90 Å². The van der Waals surface area contributed by atoms with Gasteiger partial charge in [-0.2, -0.15) is 16.9 Å². The SMILES string of the molecule is Cc1nn(C)c2nc(C3CC3)cc(C(=O)N3CCSCC3)c12. The maximum absolute atomic E-state index is 13.0. The van der Waals surface area contributed by atoms with E-state index in [1.165, 1.54) is 12.8 Å². The van der Waals surface area contributed by atoms with E-state index in [1.54, 1.807) is 4.68 Å². The first-order valence-electron chi connectivity index (χ1n) is 7.86. The third-order valence-electron chi connectivity index (χ3n) is 4.51. The number of nitrogens with zero attached hydrogens (tertiary/aromatic N) is 4. The first-order valence-corrected chi connectivity index (χ1v) is 9.02. The van der Waals surface area contributed by atoms with E-state index in [9.17, 15) is 4.79 Å². The maximum Gasteiger partial charge on any atom is 0.254 e. The van der Waals surface area contributed by atoms with Crippen LogP contribution in [-0.2, 0) is 7.05 Å². The number of pyridine rings is 1. The molecule has 116 valence electrons. The standard InChI is InChI=1S/C16H20N4OS/c1-10-14-12(16(21)20-5-7-22-8-6-20)9-13(11-3-4-11)17-15(14)19(2)18-10/h9,11H,3-8H2,1-2H3. The number of hydrogen-bond donors (Lipinski definition) is 0. The van der Waals surface area contributed by atoms with Gasteiger partial charge in [0.15, 0.2) is 5.65 Å². The van der Waals surface area contributed by atoms with E-state index in [-0.39, 0.29) is 5.91 Å². The van der Waals surface area contributed by atoms with Crippen LogP contribution < -0.4 is 0 Å². The first-order chi connectivity index (χ1) is 10.6. The molecule has 0 unspecified atom stereocenters. The van der Waals surface area contributed by atoms with Crippen LogP contribution in [0.15, 0.2) is 6.07 Å². The van der Waals surface area contributed by atoms with Crippen molar-refractivity contribution in [3.05, 3.63) is 23.0 Å². The molecule has 0 atom stereocenters. The molecular weight excluding hydrogens is 296 g/mol. The summed E-state index contributed by atoms with van der Waals surface area (Å²) in [5.41, 5.74) is 3.59. The van der Waals surface area contributed by atoms with Gasteiger partial charge in [0.1, 0.15) is 0 Å². The third kappa shape index (κ3) is 2.29. The molecule has 1 saturated carbocycles. The largest absolute Gasteiger partial charge is 0.337 e. The average Bonchev–Trinajstić information content (AvgIpc) is 3.34. The second-order valence-electron chi connectivity index (χ2n) is 6.18. The molecular formula is C16H20N4OS. The van der Waals surface area contributed by atoms with E-state index in [1.807, 2.05) is 36.7 Å². The Balaban J connectivity index is 1.85. The summed E-state index contributed by atoms with van der Waals surface area (Å²) in [7, 11) is 1.91. The van der Waals surface area contributed by atoms with Crippen LogP contribution in [0, 0.1) is 6.92 Å². The van der Waals surface area contributed by atoms with Crippen molar-refractivity contribution in [1.82, 2.24) is 19.7 Å². The van der Waals surface area contributed by atoms with E-state index < -0.39 is 0 Å². The van der Waals surface area contributed by atoms with E-state index in [4.69, 9.17) is 4.98 Å². The summed E-state index contributed by atoms with van der Waals surface area (Å²) in [5, 5.41) is 5.40. The minimum Gasteiger partial charge on any atom is -0.337 e. The predicted molar refractivity (Wildman–Crippen MR) is 88.4 cm³/mol. The van der Waals surface area contributed by atoms with Crippen LogP contribution >= 0.6 is 11.8 Å². The van der Waals surface area contributed by atoms with Crippen LogP contribution in [0.3, 0.4) is 0 Å². The van der Waals surface area contributed by atoms with Gasteiger partial charge in [-0.25, -0.2) is 4.98 Å². The number of carbonyl (C=O) groups excluding carboxylic acids is 1. The van der Waals surface area contributed by atoms with E-state index >= 15 is 0 Å². The Hall–Kier alpha value is -1.56. The number of aryl methyl sites for hydroxylation is 2. The molecule has 2 aromatic heterocycles. The van der Waals surface area contributed by atoms with Crippen molar-refractivity contribution in [2.75, 3.05) is 24.6 Å². The highest BCUT2D eigenvalue weighted by molar-refractivity contribution is 7.99. The quantitative estimate of drug-likeness (QED) is 0.853. The van der Waals surface area contributed by atoms with Crippen molar-refractivity contribution >= 4 is 28.7 Å². The van der Waals surface area contributed by atoms with E-state index in [0.717, 1.165) is 52.6 Å². The number of hydrogen-bond acceptors (Lipinski definition) is 4. The average molecular weight is 316 g/mol. The smallest absolute Gasteiger partial charge is 0.254 e. The van der Waals surface area contributed by atoms with Crippen LogP contribution in [0.1, 0.15) is 40.5 Å². The number of fused-ring (bicyclic) bond motifs is 1. The normalized spacial score (nSPS) is 18.9. The van der Waals surface area contributed by atoms with Crippen molar-refractivity contribution in [3.8, 4) is 0 Å². The van der Waals surface area contributed by atoms with Crippen LogP contribution in [0.4, 0.5) is 0 Å². The van der Waals surface area contributed by atoms with Crippen molar-refractivity contribution in [2.45, 2.75) is 25.7 Å². The van der Waals surface area contributed by atoms with Gasteiger partial charge in [-0.15, -0.1) is 0 Å². The van der Waals surface area contributed by atoms with Crippen molar-refractivity contribution < 1.29 is 4.79 Å². The molecule has 6 heteroatoms. The molecule has 0 aromatic carbocycles. The molecule has 0 radical (unpaired) electrons. The van der Waals surface area contributed by atoms with E-state index in [0.29, 0.717) is 5.92 Å². The Morgan fingerprint density at radius 3 is 2.73 bits per heavy atom. The lowest BCUT2D eigenvalue weighted by atomic mass is 10.1. The number of thioether (sulfide) groups is 1. The fourth-order valence-electron chi connectivity index (χ4n) is 3.16. The monoisotopic (exact) mass is 316 g/mol. The molecule has 4 rings (SSSR count). The Morgan fingerprint density at radius 2 is 2.05 bits per heavy atom. The Labute approximate surface area is 134 Å². The minimum absolute atomic E-state index is 0.144. The van der Waals surface area contributed by atoms with Crippen LogP contribution in [0.5, 0.6) is 0 Å². The molecule has 2 aromatic rings. The van der Waals surface area contributed by atoms with E-state index in [2.05, 4.69) is 5.10 Å². The second-order valence-corrected chi connectivity index (χ2v) is 7.41. The molecule has 2 aliphatic rings. The topological polar surface area (TPSA) is 51.0 Å². The van der Waals surface area contributed by atoms with Crippen molar-refractivity contribution in [3.63, 3.8) is 0 Å². The summed E-state index contributed by atoms with van der Waals surface area (Å²) in [4.78, 5) is 19.8. The lowest BCUT2D eigenvalue weighted by Gasteiger charge is -2.26. The molecule has 1 saturated heterocycles. The molecule has 22 heavy (non-hydrogen) atoms. The summed E-state index contributed by atoms with van der Waals surface area (Å²) in [6.07, 6.45) is 2.37. The Morgan fingerprint density at radius 1 is 1.32 bits per heavy atom. The molecule has 1 aliphatic carbocycles. The highest BCUT2D eigenvalue weighted by atomic mass is 32.2. The zero-order valence-electron chi connectivity index (χ0n) is 13.0. The van der Waals surface area contributed by atoms with Gasteiger partial charge >= 0.3 is 0 Å². The molecule has 2 fully saturated rings. The van der Waals surface area contributed by atoms with Gasteiger partial charge in [0.2, 0.25) is 0 Å². The van der Waals surface area contributed by atoms with Gasteiger partial charge in [0.25, 0.3) is 5.91 Å². The molecule has 0 spiro atoms. The minimum atomic E-state index is 0.144. The van der Waals surface area contributed by atoms with Gasteiger partial charge in [-0.05, 0) is 25.8 Å². The zero-order chi connectivity index (χ0) is 15.3. The van der Waals surface area contributed by atoms with Gasteiger partial charge in [-0.3, -0.25) is 9.48 Å². The number of amides is 1. The fourth-order valence-corrected chi connectivity index (χ4v) is 4.06. The number of rotatable bonds is 2. The molecule has 3 heterocycles. The van der Waals surface area contributed by atoms with Crippen molar-refractivity contribution in [2.24, 2.45) is 7.05 Å². The number of carbonyl (C=O) groups is 1. The van der Waals surface area contributed by atoms with Gasteiger partial charge in [0, 0.05) is 43.3 Å². The van der Waals surface area contributed by atoms with Gasteiger partial charge in [0.05, 0.1) is 16.6 Å². The summed E-state index contributed by atoms with van der Waals surface area (Å²) in [6, 6.07) is 2.03. The number of aromatic nitrogens is 3. The third-order valence-corrected chi connectivity index (χ3v) is 5.46. The highest BCUT2D eigenvalue weighted by Gasteiger charge is 2.30. The zero-order valence-corrected chi connectivity index (χ0v) is 13.8. The van der Waals surface area contributed by atoms with Crippen LogP contribution in [0.2, 0.25) is 0 Å². The summed E-state index contributed by atoms with van der Waals surface area (Å²) in [5.74, 6) is 2.73. The Bertz CT molecular complexity index is 744. The predicted octanol–water partition coefficient (Wildman–Crippen LogP) is 2.34. The highest BCUT2D eigenvalue weighted by Crippen LogP contribution is 2.40. The van der Waals surface area contributed by atoms with Gasteiger partial charge in [-0.1, -0.05) is 0 Å². The second kappa shape index (κ2) is 5.26. The molecule has 0 N–H and O–H groups in total. The summed E-state index contributed by atoms with van der Waals surface area (Å²) >= 11 is 1.92. The first kappa shape index (κ1) is 14.1. The molecule has 5 nitrogen and oxygen atoms in total. The maximum atomic E-state index is 13.0. The lowest BCUT2D eigenvalue weighted by molar-refractivity contribution is 0.0774. The van der Waals surface area contributed by atoms with Crippen LogP contribution in [-0.4, -0.2) is 50.2 Å². The molecule has 1 amide bonds. The molecule has 1 aliphatic heterocycles. The van der Waals surface area contributed by atoms with Crippen molar-refractivity contribution in [1.29, 1.82) is 0 Å². The lowest BCUT2D eigenvalue weighted by Crippen LogP contribution is -2.38. The fraction of sp³-hybridized carbons (Fsp3) is 0.562. The summed E-state index contributed by atoms with van der Waals surface area (Å²) in [6.45, 7) is 3.64. The Kier molecular flexibility index (Phi) is 3.36. The van der Waals surface area contributed by atoms with Crippen LogP contribution in [0.25, 0.3) is 11.0 Å². The molecule has 0 bridgehead atoms. The summed E-state index contributed by atoms with van der Waals surface area (Å²) < 4.78 is 1.80.